The molecule has 0 radical (unpaired) electrons. The smallest absolute Gasteiger partial charge is 0.352 e. The second kappa shape index (κ2) is 8.34. The van der Waals surface area contributed by atoms with Gasteiger partial charge in [-0.1, -0.05) is 13.3 Å². The lowest BCUT2D eigenvalue weighted by Crippen LogP contribution is -2.29. The third-order valence-corrected chi connectivity index (χ3v) is 4.50. The molecule has 5 nitrogen and oxygen atoms in total. The molecule has 21 heavy (non-hydrogen) atoms. The highest BCUT2D eigenvalue weighted by Gasteiger charge is 2.20. The number of rotatable bonds is 7. The highest BCUT2D eigenvalue weighted by atomic mass is 32.1. The summed E-state index contributed by atoms with van der Waals surface area (Å²) < 4.78 is 5.13. The van der Waals surface area contributed by atoms with Gasteiger partial charge in [-0.05, 0) is 39.3 Å². The van der Waals surface area contributed by atoms with Crippen molar-refractivity contribution in [2.24, 2.45) is 0 Å². The van der Waals surface area contributed by atoms with E-state index in [1.807, 2.05) is 6.92 Å². The van der Waals surface area contributed by atoms with E-state index in [0.717, 1.165) is 37.6 Å². The second-order valence-electron chi connectivity index (χ2n) is 5.27. The van der Waals surface area contributed by atoms with Gasteiger partial charge < -0.3 is 10.1 Å². The molecule has 0 unspecified atom stereocenters. The largest absolute Gasteiger partial charge is 0.462 e. The number of thiazole rings is 1. The Balaban J connectivity index is 2.08. The van der Waals surface area contributed by atoms with Crippen LogP contribution in [-0.4, -0.2) is 42.1 Å². The highest BCUT2D eigenvalue weighted by molar-refractivity contribution is 7.14. The molecular weight excluding hydrogens is 286 g/mol. The standard InChI is InChI=1S/C15H25N3O2S/c1-3-8-16-14-13(15(19)20-4-2)21-12(17-14)11-18-9-6-5-7-10-18/h16H,3-11H2,1-2H3. The Bertz CT molecular complexity index is 456. The van der Waals surface area contributed by atoms with Crippen LogP contribution in [0.1, 0.15) is 54.2 Å². The van der Waals surface area contributed by atoms with E-state index in [0.29, 0.717) is 17.3 Å². The van der Waals surface area contributed by atoms with E-state index in [4.69, 9.17) is 4.74 Å². The van der Waals surface area contributed by atoms with Gasteiger partial charge in [0.1, 0.15) is 5.01 Å². The summed E-state index contributed by atoms with van der Waals surface area (Å²) in [4.78, 5) is 19.7. The summed E-state index contributed by atoms with van der Waals surface area (Å²) in [5, 5.41) is 4.24. The SMILES string of the molecule is CCCNc1nc(CN2CCCCC2)sc1C(=O)OCC. The maximum atomic E-state index is 12.0. The van der Waals surface area contributed by atoms with Crippen LogP contribution >= 0.6 is 11.3 Å². The van der Waals surface area contributed by atoms with Gasteiger partial charge in [0.2, 0.25) is 0 Å². The molecule has 1 fully saturated rings. The summed E-state index contributed by atoms with van der Waals surface area (Å²) >= 11 is 1.46. The van der Waals surface area contributed by atoms with Crippen molar-refractivity contribution in [3.8, 4) is 0 Å². The van der Waals surface area contributed by atoms with Crippen molar-refractivity contribution in [2.75, 3.05) is 31.6 Å². The summed E-state index contributed by atoms with van der Waals surface area (Å²) in [5.41, 5.74) is 0. The normalized spacial score (nSPS) is 15.9. The third kappa shape index (κ3) is 4.68. The van der Waals surface area contributed by atoms with E-state index in [1.54, 1.807) is 0 Å². The van der Waals surface area contributed by atoms with Gasteiger partial charge in [-0.25, -0.2) is 9.78 Å². The fraction of sp³-hybridized carbons (Fsp3) is 0.733. The monoisotopic (exact) mass is 311 g/mol. The van der Waals surface area contributed by atoms with Crippen LogP contribution in [0.4, 0.5) is 5.82 Å². The highest BCUT2D eigenvalue weighted by Crippen LogP contribution is 2.26. The number of carbonyl (C=O) groups is 1. The van der Waals surface area contributed by atoms with Gasteiger partial charge >= 0.3 is 5.97 Å². The van der Waals surface area contributed by atoms with Crippen LogP contribution in [0.5, 0.6) is 0 Å². The fourth-order valence-corrected chi connectivity index (χ4v) is 3.42. The number of esters is 1. The third-order valence-electron chi connectivity index (χ3n) is 3.48. The van der Waals surface area contributed by atoms with E-state index in [1.165, 1.54) is 30.6 Å². The van der Waals surface area contributed by atoms with E-state index in [-0.39, 0.29) is 5.97 Å². The van der Waals surface area contributed by atoms with Gasteiger partial charge in [0.15, 0.2) is 10.7 Å². The van der Waals surface area contributed by atoms with E-state index in [9.17, 15) is 4.79 Å². The van der Waals surface area contributed by atoms with Crippen molar-refractivity contribution < 1.29 is 9.53 Å². The van der Waals surface area contributed by atoms with Gasteiger partial charge in [-0.15, -0.1) is 11.3 Å². The lowest BCUT2D eigenvalue weighted by Gasteiger charge is -2.25. The summed E-state index contributed by atoms with van der Waals surface area (Å²) in [6.45, 7) is 8.23. The number of hydrogen-bond acceptors (Lipinski definition) is 6. The molecule has 0 aromatic carbocycles. The van der Waals surface area contributed by atoms with Crippen molar-refractivity contribution in [1.29, 1.82) is 0 Å². The number of nitrogens with one attached hydrogen (secondary N) is 1. The lowest BCUT2D eigenvalue weighted by molar-refractivity contribution is 0.0533. The zero-order chi connectivity index (χ0) is 15.1. The van der Waals surface area contributed by atoms with Gasteiger partial charge in [0.25, 0.3) is 0 Å². The van der Waals surface area contributed by atoms with Crippen LogP contribution in [0.15, 0.2) is 0 Å². The molecule has 0 amide bonds. The Labute approximate surface area is 130 Å². The average Bonchev–Trinajstić information content (AvgIpc) is 2.89. The molecule has 0 spiro atoms. The van der Waals surface area contributed by atoms with Crippen molar-refractivity contribution in [3.63, 3.8) is 0 Å². The Kier molecular flexibility index (Phi) is 6.45. The minimum atomic E-state index is -0.265. The number of likely N-dealkylation sites (tertiary alicyclic amines) is 1. The van der Waals surface area contributed by atoms with Crippen LogP contribution in [0, 0.1) is 0 Å². The van der Waals surface area contributed by atoms with Gasteiger partial charge in [0.05, 0.1) is 13.2 Å². The lowest BCUT2D eigenvalue weighted by atomic mass is 10.1. The second-order valence-corrected chi connectivity index (χ2v) is 6.35. The van der Waals surface area contributed by atoms with Crippen molar-refractivity contribution in [2.45, 2.75) is 46.1 Å². The topological polar surface area (TPSA) is 54.5 Å². The number of hydrogen-bond donors (Lipinski definition) is 1. The quantitative estimate of drug-likeness (QED) is 0.784. The Hall–Kier alpha value is -1.14. The number of carbonyl (C=O) groups excluding carboxylic acids is 1. The van der Waals surface area contributed by atoms with E-state index in [2.05, 4.69) is 22.1 Å². The molecule has 0 aliphatic carbocycles. The number of piperidine rings is 1. The molecule has 1 saturated heterocycles. The van der Waals surface area contributed by atoms with Crippen molar-refractivity contribution >= 4 is 23.1 Å². The first-order valence-corrected chi connectivity index (χ1v) is 8.69. The Morgan fingerprint density at radius 2 is 2.10 bits per heavy atom. The minimum Gasteiger partial charge on any atom is -0.462 e. The average molecular weight is 311 g/mol. The molecular formula is C15H25N3O2S. The van der Waals surface area contributed by atoms with Gasteiger partial charge in [-0.3, -0.25) is 4.90 Å². The maximum absolute atomic E-state index is 12.0. The van der Waals surface area contributed by atoms with Crippen LogP contribution in [0.2, 0.25) is 0 Å². The molecule has 1 N–H and O–H groups in total. The van der Waals surface area contributed by atoms with Crippen LogP contribution < -0.4 is 5.32 Å². The fourth-order valence-electron chi connectivity index (χ4n) is 2.44. The molecule has 1 aliphatic heterocycles. The zero-order valence-electron chi connectivity index (χ0n) is 13.0. The van der Waals surface area contributed by atoms with Gasteiger partial charge in [-0.2, -0.15) is 0 Å². The molecule has 1 aromatic heterocycles. The first kappa shape index (κ1) is 16.2. The van der Waals surface area contributed by atoms with Crippen molar-refractivity contribution in [1.82, 2.24) is 9.88 Å². The molecule has 1 aliphatic rings. The van der Waals surface area contributed by atoms with Crippen molar-refractivity contribution in [3.05, 3.63) is 9.88 Å². The summed E-state index contributed by atoms with van der Waals surface area (Å²) in [5.74, 6) is 0.422. The molecule has 2 heterocycles. The van der Waals surface area contributed by atoms with E-state index < -0.39 is 0 Å². The number of aromatic nitrogens is 1. The summed E-state index contributed by atoms with van der Waals surface area (Å²) in [6.07, 6.45) is 4.85. The Morgan fingerprint density at radius 3 is 2.76 bits per heavy atom. The Morgan fingerprint density at radius 1 is 1.33 bits per heavy atom. The number of anilines is 1. The molecule has 2 rings (SSSR count). The van der Waals surface area contributed by atoms with Crippen LogP contribution in [-0.2, 0) is 11.3 Å². The molecule has 118 valence electrons. The minimum absolute atomic E-state index is 0.265. The molecule has 0 bridgehead atoms. The van der Waals surface area contributed by atoms with Crippen LogP contribution in [0.25, 0.3) is 0 Å². The summed E-state index contributed by atoms with van der Waals surface area (Å²) in [7, 11) is 0. The molecule has 1 aromatic rings. The molecule has 0 saturated carbocycles. The predicted octanol–water partition coefficient (Wildman–Crippen LogP) is 3.13. The number of ether oxygens (including phenoxy) is 1. The van der Waals surface area contributed by atoms with E-state index >= 15 is 0 Å². The first-order valence-electron chi connectivity index (χ1n) is 7.87. The molecule has 0 atom stereocenters. The summed E-state index contributed by atoms with van der Waals surface area (Å²) in [6, 6.07) is 0. The zero-order valence-corrected chi connectivity index (χ0v) is 13.8. The van der Waals surface area contributed by atoms with Crippen LogP contribution in [0.3, 0.4) is 0 Å². The predicted molar refractivity (Wildman–Crippen MR) is 86.0 cm³/mol. The first-order chi connectivity index (χ1) is 10.2. The van der Waals surface area contributed by atoms with Gasteiger partial charge in [0, 0.05) is 6.54 Å². The molecule has 6 heteroatoms. The maximum Gasteiger partial charge on any atom is 0.352 e. The number of nitrogens with zero attached hydrogens (tertiary/aromatic N) is 2.